The summed E-state index contributed by atoms with van der Waals surface area (Å²) in [7, 11) is 1.93. The second kappa shape index (κ2) is 7.59. The molecule has 1 aliphatic heterocycles. The highest BCUT2D eigenvalue weighted by Gasteiger charge is 2.34. The number of rotatable bonds is 5. The summed E-state index contributed by atoms with van der Waals surface area (Å²) in [5.74, 6) is -1.02. The predicted molar refractivity (Wildman–Crippen MR) is 88.9 cm³/mol. The van der Waals surface area contributed by atoms with Crippen LogP contribution in [0, 0.1) is 11.8 Å². The SMILES string of the molecule is CC1CC(C(=O)O)CN(C(=O)C(C)N(C)Cc2ccccc2)C1. The molecule has 0 bridgehead atoms. The summed E-state index contributed by atoms with van der Waals surface area (Å²) < 4.78 is 0. The average Bonchev–Trinajstić information content (AvgIpc) is 2.53. The molecule has 1 heterocycles. The molecule has 126 valence electrons. The lowest BCUT2D eigenvalue weighted by Gasteiger charge is -2.37. The largest absolute Gasteiger partial charge is 0.481 e. The average molecular weight is 318 g/mol. The van der Waals surface area contributed by atoms with E-state index in [1.165, 1.54) is 0 Å². The van der Waals surface area contributed by atoms with Gasteiger partial charge in [-0.15, -0.1) is 0 Å². The number of nitrogens with zero attached hydrogens (tertiary/aromatic N) is 2. The molecule has 0 radical (unpaired) electrons. The minimum absolute atomic E-state index is 0.0150. The molecule has 1 aromatic carbocycles. The summed E-state index contributed by atoms with van der Waals surface area (Å²) in [6, 6.07) is 9.75. The van der Waals surface area contributed by atoms with Crippen LogP contribution in [0.5, 0.6) is 0 Å². The summed E-state index contributed by atoms with van der Waals surface area (Å²) in [6.45, 7) is 5.56. The van der Waals surface area contributed by atoms with Crippen LogP contribution in [0.2, 0.25) is 0 Å². The van der Waals surface area contributed by atoms with Crippen LogP contribution < -0.4 is 0 Å². The molecule has 0 aromatic heterocycles. The second-order valence-corrected chi connectivity index (χ2v) is 6.70. The van der Waals surface area contributed by atoms with Crippen molar-refractivity contribution in [1.29, 1.82) is 0 Å². The van der Waals surface area contributed by atoms with Gasteiger partial charge in [0.05, 0.1) is 12.0 Å². The van der Waals surface area contributed by atoms with Gasteiger partial charge in [0, 0.05) is 19.6 Å². The van der Waals surface area contributed by atoms with E-state index in [0.717, 1.165) is 5.56 Å². The van der Waals surface area contributed by atoms with Crippen LogP contribution >= 0.6 is 0 Å². The molecule has 5 nitrogen and oxygen atoms in total. The Kier molecular flexibility index (Phi) is 5.77. The highest BCUT2D eigenvalue weighted by molar-refractivity contribution is 5.82. The molecule has 1 fully saturated rings. The van der Waals surface area contributed by atoms with Gasteiger partial charge in [-0.3, -0.25) is 14.5 Å². The maximum Gasteiger partial charge on any atom is 0.308 e. The number of carbonyl (C=O) groups is 2. The Bertz CT molecular complexity index is 546. The van der Waals surface area contributed by atoms with Crippen LogP contribution in [0.1, 0.15) is 25.8 Å². The molecule has 0 aliphatic carbocycles. The van der Waals surface area contributed by atoms with E-state index in [4.69, 9.17) is 0 Å². The van der Waals surface area contributed by atoms with E-state index < -0.39 is 11.9 Å². The Hall–Kier alpha value is -1.88. The second-order valence-electron chi connectivity index (χ2n) is 6.70. The normalized spacial score (nSPS) is 22.9. The lowest BCUT2D eigenvalue weighted by Crippen LogP contribution is -2.51. The van der Waals surface area contributed by atoms with Crippen molar-refractivity contribution in [1.82, 2.24) is 9.80 Å². The van der Waals surface area contributed by atoms with Crippen molar-refractivity contribution in [2.45, 2.75) is 32.9 Å². The molecule has 1 amide bonds. The van der Waals surface area contributed by atoms with Gasteiger partial charge in [0.2, 0.25) is 5.91 Å². The van der Waals surface area contributed by atoms with Gasteiger partial charge in [0.25, 0.3) is 0 Å². The zero-order valence-electron chi connectivity index (χ0n) is 14.1. The number of amides is 1. The predicted octanol–water partition coefficient (Wildman–Crippen LogP) is 2.08. The molecule has 3 unspecified atom stereocenters. The molecule has 1 aromatic rings. The Morgan fingerprint density at radius 1 is 1.30 bits per heavy atom. The standard InChI is InChI=1S/C18H26N2O3/c1-13-9-16(18(22)23)12-20(10-13)17(21)14(2)19(3)11-15-7-5-4-6-8-15/h4-8,13-14,16H,9-12H2,1-3H3,(H,22,23). The lowest BCUT2D eigenvalue weighted by atomic mass is 9.90. The number of hydrogen-bond acceptors (Lipinski definition) is 3. The lowest BCUT2D eigenvalue weighted by molar-refractivity contribution is -0.148. The third-order valence-corrected chi connectivity index (χ3v) is 4.61. The van der Waals surface area contributed by atoms with Crippen molar-refractivity contribution in [3.8, 4) is 0 Å². The first-order valence-corrected chi connectivity index (χ1v) is 8.14. The zero-order chi connectivity index (χ0) is 17.0. The fraction of sp³-hybridized carbons (Fsp3) is 0.556. The number of carboxylic acids is 1. The van der Waals surface area contributed by atoms with Gasteiger partial charge in [-0.2, -0.15) is 0 Å². The maximum atomic E-state index is 12.7. The highest BCUT2D eigenvalue weighted by Crippen LogP contribution is 2.23. The number of aliphatic carboxylic acids is 1. The van der Waals surface area contributed by atoms with Gasteiger partial charge in [0.15, 0.2) is 0 Å². The fourth-order valence-corrected chi connectivity index (χ4v) is 3.17. The number of benzene rings is 1. The van der Waals surface area contributed by atoms with E-state index in [1.807, 2.05) is 56.1 Å². The monoisotopic (exact) mass is 318 g/mol. The van der Waals surface area contributed by atoms with Crippen molar-refractivity contribution < 1.29 is 14.7 Å². The van der Waals surface area contributed by atoms with Crippen LogP contribution in [0.3, 0.4) is 0 Å². The van der Waals surface area contributed by atoms with Gasteiger partial charge in [0.1, 0.15) is 0 Å². The van der Waals surface area contributed by atoms with E-state index in [9.17, 15) is 14.7 Å². The minimum atomic E-state index is -0.806. The van der Waals surface area contributed by atoms with Crippen LogP contribution in [-0.2, 0) is 16.1 Å². The molecule has 3 atom stereocenters. The van der Waals surface area contributed by atoms with Gasteiger partial charge < -0.3 is 10.0 Å². The van der Waals surface area contributed by atoms with Gasteiger partial charge in [-0.05, 0) is 31.9 Å². The fourth-order valence-electron chi connectivity index (χ4n) is 3.17. The molecule has 0 saturated carbocycles. The van der Waals surface area contributed by atoms with Crippen LogP contribution in [0.25, 0.3) is 0 Å². The van der Waals surface area contributed by atoms with E-state index in [1.54, 1.807) is 4.90 Å². The van der Waals surface area contributed by atoms with Gasteiger partial charge in [-0.25, -0.2) is 0 Å². The number of likely N-dealkylation sites (N-methyl/N-ethyl adjacent to an activating group) is 1. The van der Waals surface area contributed by atoms with Crippen molar-refractivity contribution in [2.24, 2.45) is 11.8 Å². The van der Waals surface area contributed by atoms with Gasteiger partial charge >= 0.3 is 5.97 Å². The van der Waals surface area contributed by atoms with Crippen LogP contribution in [0.15, 0.2) is 30.3 Å². The van der Waals surface area contributed by atoms with Crippen molar-refractivity contribution in [3.63, 3.8) is 0 Å². The molecule has 2 rings (SSSR count). The molecular weight excluding hydrogens is 292 g/mol. The summed E-state index contributed by atoms with van der Waals surface area (Å²) >= 11 is 0. The molecule has 0 spiro atoms. The first-order valence-electron chi connectivity index (χ1n) is 8.14. The Morgan fingerprint density at radius 3 is 2.57 bits per heavy atom. The minimum Gasteiger partial charge on any atom is -0.481 e. The Balaban J connectivity index is 1.99. The number of piperidine rings is 1. The number of carbonyl (C=O) groups excluding carboxylic acids is 1. The Labute approximate surface area is 137 Å². The van der Waals surface area contributed by atoms with Crippen LogP contribution in [-0.4, -0.2) is 53.0 Å². The van der Waals surface area contributed by atoms with E-state index >= 15 is 0 Å². The molecule has 1 saturated heterocycles. The van der Waals surface area contributed by atoms with E-state index in [0.29, 0.717) is 26.1 Å². The number of likely N-dealkylation sites (tertiary alicyclic amines) is 1. The first-order chi connectivity index (χ1) is 10.9. The third kappa shape index (κ3) is 4.55. The molecule has 1 N–H and O–H groups in total. The zero-order valence-corrected chi connectivity index (χ0v) is 14.1. The number of carboxylic acid groups (broad SMARTS) is 1. The van der Waals surface area contributed by atoms with Crippen molar-refractivity contribution in [2.75, 3.05) is 20.1 Å². The van der Waals surface area contributed by atoms with Crippen molar-refractivity contribution in [3.05, 3.63) is 35.9 Å². The summed E-state index contributed by atoms with van der Waals surface area (Å²) in [6.07, 6.45) is 0.646. The van der Waals surface area contributed by atoms with Crippen molar-refractivity contribution >= 4 is 11.9 Å². The quantitative estimate of drug-likeness (QED) is 0.903. The highest BCUT2D eigenvalue weighted by atomic mass is 16.4. The number of hydrogen-bond donors (Lipinski definition) is 1. The summed E-state index contributed by atoms with van der Waals surface area (Å²) in [4.78, 5) is 27.7. The van der Waals surface area contributed by atoms with Crippen LogP contribution in [0.4, 0.5) is 0 Å². The molecular formula is C18H26N2O3. The van der Waals surface area contributed by atoms with Gasteiger partial charge in [-0.1, -0.05) is 37.3 Å². The summed E-state index contributed by atoms with van der Waals surface area (Å²) in [5, 5.41) is 9.25. The topological polar surface area (TPSA) is 60.9 Å². The van der Waals surface area contributed by atoms with E-state index in [-0.39, 0.29) is 17.9 Å². The molecule has 23 heavy (non-hydrogen) atoms. The smallest absolute Gasteiger partial charge is 0.308 e. The third-order valence-electron chi connectivity index (χ3n) is 4.61. The molecule has 5 heteroatoms. The Morgan fingerprint density at radius 2 is 1.96 bits per heavy atom. The van der Waals surface area contributed by atoms with E-state index in [2.05, 4.69) is 0 Å². The summed E-state index contributed by atoms with van der Waals surface area (Å²) in [5.41, 5.74) is 1.16. The molecule has 1 aliphatic rings. The first kappa shape index (κ1) is 17.5. The maximum absolute atomic E-state index is 12.7.